The highest BCUT2D eigenvalue weighted by Gasteiger charge is 1.99. The number of aliphatic hydroxyl groups is 2. The highest BCUT2D eigenvalue weighted by molar-refractivity contribution is 5.13. The van der Waals surface area contributed by atoms with E-state index in [1.54, 1.807) is 0 Å². The van der Waals surface area contributed by atoms with Gasteiger partial charge in [0.15, 0.2) is 0 Å². The van der Waals surface area contributed by atoms with Crippen LogP contribution in [0.15, 0.2) is 54.5 Å². The van der Waals surface area contributed by atoms with Gasteiger partial charge in [-0.25, -0.2) is 0 Å². The number of aliphatic hydroxyl groups excluding tert-OH is 2. The predicted molar refractivity (Wildman–Crippen MR) is 69.0 cm³/mol. The first-order valence-corrected chi connectivity index (χ1v) is 5.63. The van der Waals surface area contributed by atoms with E-state index < -0.39 is 6.10 Å². The number of allylic oxidation sites excluding steroid dienone is 2. The second-order valence-corrected chi connectivity index (χ2v) is 3.66. The molecule has 0 fully saturated rings. The van der Waals surface area contributed by atoms with Gasteiger partial charge < -0.3 is 19.7 Å². The summed E-state index contributed by atoms with van der Waals surface area (Å²) in [5.41, 5.74) is 1.06. The molecule has 1 aromatic carbocycles. The lowest BCUT2D eigenvalue weighted by Gasteiger charge is -2.07. The molecule has 98 valence electrons. The van der Waals surface area contributed by atoms with Crippen molar-refractivity contribution in [2.45, 2.75) is 12.7 Å². The number of hydrogen-bond donors (Lipinski definition) is 2. The summed E-state index contributed by atoms with van der Waals surface area (Å²) in [6, 6.07) is 9.74. The highest BCUT2D eigenvalue weighted by Crippen LogP contribution is 2.01. The zero-order valence-electron chi connectivity index (χ0n) is 10.3. The van der Waals surface area contributed by atoms with E-state index >= 15 is 0 Å². The minimum absolute atomic E-state index is 0.201. The molecule has 0 spiro atoms. The minimum atomic E-state index is -0.713. The molecule has 0 radical (unpaired) electrons. The second kappa shape index (κ2) is 8.33. The quantitative estimate of drug-likeness (QED) is 0.575. The van der Waals surface area contributed by atoms with Gasteiger partial charge in [0.2, 0.25) is 0 Å². The lowest BCUT2D eigenvalue weighted by Crippen LogP contribution is -2.11. The van der Waals surface area contributed by atoms with Crippen LogP contribution in [0.5, 0.6) is 0 Å². The Morgan fingerprint density at radius 1 is 1.33 bits per heavy atom. The van der Waals surface area contributed by atoms with Gasteiger partial charge in [-0.3, -0.25) is 0 Å². The number of hydrogen-bond acceptors (Lipinski definition) is 4. The zero-order valence-corrected chi connectivity index (χ0v) is 10.3. The van der Waals surface area contributed by atoms with Crippen molar-refractivity contribution in [3.63, 3.8) is 0 Å². The van der Waals surface area contributed by atoms with Crippen molar-refractivity contribution in [1.82, 2.24) is 0 Å². The molecule has 0 heterocycles. The van der Waals surface area contributed by atoms with Gasteiger partial charge in [0.05, 0.1) is 26.4 Å². The maximum Gasteiger partial charge on any atom is 0.276 e. The average Bonchev–Trinajstić information content (AvgIpc) is 2.39. The molecule has 0 aromatic heterocycles. The topological polar surface area (TPSA) is 58.9 Å². The van der Waals surface area contributed by atoms with Crippen molar-refractivity contribution >= 4 is 0 Å². The monoisotopic (exact) mass is 250 g/mol. The van der Waals surface area contributed by atoms with Crippen molar-refractivity contribution < 1.29 is 19.7 Å². The lowest BCUT2D eigenvalue weighted by molar-refractivity contribution is 0.0503. The second-order valence-electron chi connectivity index (χ2n) is 3.66. The largest absolute Gasteiger partial charge is 0.481 e. The van der Waals surface area contributed by atoms with Gasteiger partial charge >= 0.3 is 0 Å². The van der Waals surface area contributed by atoms with E-state index in [2.05, 4.69) is 4.74 Å². The molecule has 0 aliphatic rings. The third kappa shape index (κ3) is 6.08. The highest BCUT2D eigenvalue weighted by atomic mass is 16.6. The molecule has 0 saturated heterocycles. The van der Waals surface area contributed by atoms with Crippen molar-refractivity contribution in [3.05, 3.63) is 60.1 Å². The first-order chi connectivity index (χ1) is 8.72. The van der Waals surface area contributed by atoms with Gasteiger partial charge in [0.25, 0.3) is 5.95 Å². The molecule has 18 heavy (non-hydrogen) atoms. The van der Waals surface area contributed by atoms with Gasteiger partial charge in [-0.2, -0.15) is 0 Å². The molecule has 0 bridgehead atoms. The SMILES string of the molecule is CO/C(O)=C\C=C\[C@@H](O)COCc1ccccc1. The summed E-state index contributed by atoms with van der Waals surface area (Å²) in [7, 11) is 1.36. The van der Waals surface area contributed by atoms with Crippen LogP contribution in [-0.2, 0) is 16.1 Å². The van der Waals surface area contributed by atoms with E-state index in [1.807, 2.05) is 30.3 Å². The molecule has 0 aliphatic heterocycles. The number of benzene rings is 1. The maximum atomic E-state index is 9.55. The average molecular weight is 250 g/mol. The van der Waals surface area contributed by atoms with Crippen LogP contribution in [0, 0.1) is 0 Å². The lowest BCUT2D eigenvalue weighted by atomic mass is 10.2. The van der Waals surface area contributed by atoms with Gasteiger partial charge in [0, 0.05) is 6.08 Å². The normalized spacial score (nSPS) is 13.8. The van der Waals surface area contributed by atoms with E-state index in [1.165, 1.54) is 25.3 Å². The summed E-state index contributed by atoms with van der Waals surface area (Å²) in [5.74, 6) is -0.205. The molecule has 0 saturated carbocycles. The van der Waals surface area contributed by atoms with Gasteiger partial charge in [0.1, 0.15) is 0 Å². The zero-order chi connectivity index (χ0) is 13.2. The molecular formula is C14H18O4. The van der Waals surface area contributed by atoms with Gasteiger partial charge in [-0.1, -0.05) is 42.5 Å². The van der Waals surface area contributed by atoms with Crippen LogP contribution in [-0.4, -0.2) is 30.0 Å². The van der Waals surface area contributed by atoms with Crippen molar-refractivity contribution in [1.29, 1.82) is 0 Å². The Kier molecular flexibility index (Phi) is 6.61. The Hall–Kier alpha value is -1.78. The van der Waals surface area contributed by atoms with E-state index in [-0.39, 0.29) is 12.6 Å². The molecule has 1 rings (SSSR count). The fraction of sp³-hybridized carbons (Fsp3) is 0.286. The Morgan fingerprint density at radius 2 is 2.06 bits per heavy atom. The Bertz CT molecular complexity index is 384. The van der Waals surface area contributed by atoms with Crippen LogP contribution in [0.4, 0.5) is 0 Å². The molecule has 0 unspecified atom stereocenters. The Balaban J connectivity index is 2.23. The Morgan fingerprint density at radius 3 is 2.72 bits per heavy atom. The molecule has 2 N–H and O–H groups in total. The maximum absolute atomic E-state index is 9.55. The van der Waals surface area contributed by atoms with Crippen LogP contribution >= 0.6 is 0 Å². The minimum Gasteiger partial charge on any atom is -0.481 e. The van der Waals surface area contributed by atoms with Crippen LogP contribution in [0.1, 0.15) is 5.56 Å². The van der Waals surface area contributed by atoms with Crippen LogP contribution in [0.2, 0.25) is 0 Å². The number of methoxy groups -OCH3 is 1. The standard InChI is InChI=1S/C14H18O4/c1-17-14(16)9-5-8-13(15)11-18-10-12-6-3-2-4-7-12/h2-9,13,15-16H,10-11H2,1H3/b8-5+,14-9-/t13-/m1/s1. The smallest absolute Gasteiger partial charge is 0.276 e. The third-order valence-electron chi connectivity index (χ3n) is 2.18. The summed E-state index contributed by atoms with van der Waals surface area (Å²) < 4.78 is 9.87. The first kappa shape index (κ1) is 14.3. The molecule has 1 aromatic rings. The van der Waals surface area contributed by atoms with Gasteiger partial charge in [-0.05, 0) is 5.56 Å². The fourth-order valence-corrected chi connectivity index (χ4v) is 1.26. The van der Waals surface area contributed by atoms with E-state index in [9.17, 15) is 5.11 Å². The molecule has 0 amide bonds. The number of ether oxygens (including phenoxy) is 2. The molecule has 1 atom stereocenters. The predicted octanol–water partition coefficient (Wildman–Crippen LogP) is 2.17. The fourth-order valence-electron chi connectivity index (χ4n) is 1.26. The van der Waals surface area contributed by atoms with Crippen LogP contribution < -0.4 is 0 Å². The molecule has 4 heteroatoms. The van der Waals surface area contributed by atoms with Crippen molar-refractivity contribution in [2.24, 2.45) is 0 Å². The van der Waals surface area contributed by atoms with Crippen molar-refractivity contribution in [3.8, 4) is 0 Å². The number of rotatable bonds is 7. The first-order valence-electron chi connectivity index (χ1n) is 5.63. The van der Waals surface area contributed by atoms with Crippen molar-refractivity contribution in [2.75, 3.05) is 13.7 Å². The van der Waals surface area contributed by atoms with Crippen LogP contribution in [0.25, 0.3) is 0 Å². The van der Waals surface area contributed by atoms with Crippen LogP contribution in [0.3, 0.4) is 0 Å². The summed E-state index contributed by atoms with van der Waals surface area (Å²) in [4.78, 5) is 0. The summed E-state index contributed by atoms with van der Waals surface area (Å²) in [6.45, 7) is 0.665. The van der Waals surface area contributed by atoms with E-state index in [4.69, 9.17) is 9.84 Å². The summed E-state index contributed by atoms with van der Waals surface area (Å²) >= 11 is 0. The van der Waals surface area contributed by atoms with Gasteiger partial charge in [-0.15, -0.1) is 0 Å². The summed E-state index contributed by atoms with van der Waals surface area (Å²) in [6.07, 6.45) is 3.66. The molecule has 4 nitrogen and oxygen atoms in total. The Labute approximate surface area is 107 Å². The summed E-state index contributed by atoms with van der Waals surface area (Å²) in [5, 5.41) is 18.5. The third-order valence-corrected chi connectivity index (χ3v) is 2.18. The molecule has 0 aliphatic carbocycles. The van der Waals surface area contributed by atoms with E-state index in [0.29, 0.717) is 6.61 Å². The van der Waals surface area contributed by atoms with E-state index in [0.717, 1.165) is 5.56 Å². The molecular weight excluding hydrogens is 232 g/mol.